The maximum Gasteiger partial charge on any atom is 0.250 e. The van der Waals surface area contributed by atoms with Gasteiger partial charge in [0, 0.05) is 24.5 Å². The quantitative estimate of drug-likeness (QED) is 0.226. The lowest BCUT2D eigenvalue weighted by molar-refractivity contribution is -0.118. The third-order valence-corrected chi connectivity index (χ3v) is 5.94. The maximum atomic E-state index is 12.4. The fourth-order valence-corrected chi connectivity index (χ4v) is 3.94. The number of aryl methyl sites for hydroxylation is 1. The molecule has 0 radical (unpaired) electrons. The number of hydrogen-bond donors (Lipinski definition) is 1. The van der Waals surface area contributed by atoms with E-state index in [1.54, 1.807) is 20.4 Å². The van der Waals surface area contributed by atoms with E-state index in [0.29, 0.717) is 11.0 Å². The predicted octanol–water partition coefficient (Wildman–Crippen LogP) is 3.53. The van der Waals surface area contributed by atoms with Gasteiger partial charge in [-0.25, -0.2) is 5.43 Å². The highest BCUT2D eigenvalue weighted by atomic mass is 32.2. The molecule has 4 aromatic rings. The van der Waals surface area contributed by atoms with Crippen molar-refractivity contribution in [2.24, 2.45) is 12.1 Å². The van der Waals surface area contributed by atoms with Gasteiger partial charge in [-0.05, 0) is 60.7 Å². The summed E-state index contributed by atoms with van der Waals surface area (Å²) in [5.74, 6) is 2.03. The number of benzene rings is 2. The van der Waals surface area contributed by atoms with E-state index in [0.717, 1.165) is 28.4 Å². The van der Waals surface area contributed by atoms with Gasteiger partial charge >= 0.3 is 0 Å². The zero-order chi connectivity index (χ0) is 23.9. The first-order valence-electron chi connectivity index (χ1n) is 10.4. The van der Waals surface area contributed by atoms with Gasteiger partial charge < -0.3 is 14.0 Å². The Balaban J connectivity index is 1.55. The molecule has 0 aliphatic rings. The second kappa shape index (κ2) is 10.7. The summed E-state index contributed by atoms with van der Waals surface area (Å²) in [7, 11) is 5.15. The van der Waals surface area contributed by atoms with Crippen molar-refractivity contribution in [1.82, 2.24) is 24.8 Å². The average Bonchev–Trinajstić information content (AvgIpc) is 3.49. The Bertz CT molecular complexity index is 1280. The summed E-state index contributed by atoms with van der Waals surface area (Å²) in [6.45, 7) is 0. The van der Waals surface area contributed by atoms with Crippen LogP contribution >= 0.6 is 11.8 Å². The summed E-state index contributed by atoms with van der Waals surface area (Å²) in [5.41, 5.74) is 5.15. The zero-order valence-electron chi connectivity index (χ0n) is 19.0. The second-order valence-corrected chi connectivity index (χ2v) is 8.14. The number of amides is 1. The van der Waals surface area contributed by atoms with E-state index >= 15 is 0 Å². The number of rotatable bonds is 9. The van der Waals surface area contributed by atoms with E-state index in [-0.39, 0.29) is 11.7 Å². The molecule has 2 heterocycles. The molecular formula is C24H24N6O3S. The van der Waals surface area contributed by atoms with Crippen LogP contribution in [0.4, 0.5) is 0 Å². The average molecular weight is 477 g/mol. The van der Waals surface area contributed by atoms with Crippen molar-refractivity contribution in [2.75, 3.05) is 20.0 Å². The van der Waals surface area contributed by atoms with E-state index in [1.165, 1.54) is 11.8 Å². The summed E-state index contributed by atoms with van der Waals surface area (Å²) < 4.78 is 14.4. The van der Waals surface area contributed by atoms with E-state index in [2.05, 4.69) is 20.7 Å². The first kappa shape index (κ1) is 23.1. The minimum atomic E-state index is -0.245. The molecule has 0 saturated heterocycles. The summed E-state index contributed by atoms with van der Waals surface area (Å²) in [5, 5.41) is 13.4. The number of nitrogens with zero attached hydrogens (tertiary/aromatic N) is 5. The lowest BCUT2D eigenvalue weighted by Gasteiger charge is -2.11. The number of hydrazone groups is 1. The molecule has 0 bridgehead atoms. The third-order valence-electron chi connectivity index (χ3n) is 5.01. The number of carbonyl (C=O) groups is 1. The molecule has 10 heteroatoms. The van der Waals surface area contributed by atoms with Gasteiger partial charge in [0.05, 0.1) is 31.9 Å². The first-order chi connectivity index (χ1) is 16.6. The molecule has 0 aliphatic carbocycles. The number of ether oxygens (including phenoxy) is 2. The van der Waals surface area contributed by atoms with Crippen molar-refractivity contribution in [3.63, 3.8) is 0 Å². The SMILES string of the molecule is COc1ccc(-c2nnc(SCC(=O)NN=Cc3cccn3C)n2-c2ccc(OC)cc2)cc1. The molecule has 2 aromatic carbocycles. The number of methoxy groups -OCH3 is 2. The Morgan fingerprint density at radius 3 is 2.32 bits per heavy atom. The molecule has 9 nitrogen and oxygen atoms in total. The van der Waals surface area contributed by atoms with E-state index in [1.807, 2.05) is 83.0 Å². The number of nitrogens with one attached hydrogen (secondary N) is 1. The molecule has 0 spiro atoms. The van der Waals surface area contributed by atoms with Gasteiger partial charge in [-0.3, -0.25) is 9.36 Å². The van der Waals surface area contributed by atoms with Crippen LogP contribution in [0.5, 0.6) is 11.5 Å². The van der Waals surface area contributed by atoms with Crippen LogP contribution in [0.1, 0.15) is 5.69 Å². The standard InChI is InChI=1S/C24H24N6O3S/c1-29-14-4-5-19(29)15-25-26-22(31)16-34-24-28-27-23(17-6-10-20(32-2)11-7-17)30(24)18-8-12-21(33-3)13-9-18/h4-15H,16H2,1-3H3,(H,26,31). The number of carbonyl (C=O) groups excluding carboxylic acids is 1. The Kier molecular flexibility index (Phi) is 7.28. The molecule has 1 amide bonds. The lowest BCUT2D eigenvalue weighted by atomic mass is 10.2. The maximum absolute atomic E-state index is 12.4. The van der Waals surface area contributed by atoms with Gasteiger partial charge in [0.1, 0.15) is 11.5 Å². The van der Waals surface area contributed by atoms with E-state index in [9.17, 15) is 4.79 Å². The molecule has 1 N–H and O–H groups in total. The van der Waals surface area contributed by atoms with Crippen molar-refractivity contribution in [3.05, 3.63) is 72.6 Å². The van der Waals surface area contributed by atoms with E-state index < -0.39 is 0 Å². The van der Waals surface area contributed by atoms with Gasteiger partial charge in [-0.2, -0.15) is 5.10 Å². The molecular weight excluding hydrogens is 452 g/mol. The number of hydrogen-bond acceptors (Lipinski definition) is 7. The molecule has 0 fully saturated rings. The van der Waals surface area contributed by atoms with Gasteiger partial charge in [0.25, 0.3) is 5.91 Å². The lowest BCUT2D eigenvalue weighted by Crippen LogP contribution is -2.20. The monoisotopic (exact) mass is 476 g/mol. The smallest absolute Gasteiger partial charge is 0.250 e. The number of aromatic nitrogens is 4. The largest absolute Gasteiger partial charge is 0.497 e. The molecule has 0 saturated carbocycles. The van der Waals surface area contributed by atoms with Crippen LogP contribution in [0.2, 0.25) is 0 Å². The van der Waals surface area contributed by atoms with Crippen LogP contribution in [-0.4, -0.2) is 51.4 Å². The highest BCUT2D eigenvalue weighted by Gasteiger charge is 2.17. The van der Waals surface area contributed by atoms with Crippen LogP contribution in [0.3, 0.4) is 0 Å². The summed E-state index contributed by atoms with van der Waals surface area (Å²) in [6, 6.07) is 19.0. The summed E-state index contributed by atoms with van der Waals surface area (Å²) in [6.07, 6.45) is 3.51. The molecule has 34 heavy (non-hydrogen) atoms. The summed E-state index contributed by atoms with van der Waals surface area (Å²) in [4.78, 5) is 12.4. The molecule has 174 valence electrons. The van der Waals surface area contributed by atoms with Crippen LogP contribution in [-0.2, 0) is 11.8 Å². The highest BCUT2D eigenvalue weighted by Crippen LogP contribution is 2.29. The highest BCUT2D eigenvalue weighted by molar-refractivity contribution is 7.99. The summed E-state index contributed by atoms with van der Waals surface area (Å²) >= 11 is 1.28. The van der Waals surface area contributed by atoms with E-state index in [4.69, 9.17) is 9.47 Å². The Morgan fingerprint density at radius 2 is 1.71 bits per heavy atom. The van der Waals surface area contributed by atoms with Crippen LogP contribution in [0, 0.1) is 0 Å². The van der Waals surface area contributed by atoms with Gasteiger partial charge in [0.2, 0.25) is 0 Å². The Morgan fingerprint density at radius 1 is 1.03 bits per heavy atom. The Labute approximate surface area is 201 Å². The Hall–Kier alpha value is -4.05. The molecule has 0 unspecified atom stereocenters. The minimum absolute atomic E-state index is 0.126. The molecule has 0 atom stereocenters. The van der Waals surface area contributed by atoms with Crippen molar-refractivity contribution < 1.29 is 14.3 Å². The van der Waals surface area contributed by atoms with Crippen molar-refractivity contribution in [3.8, 4) is 28.6 Å². The zero-order valence-corrected chi connectivity index (χ0v) is 19.8. The topological polar surface area (TPSA) is 95.6 Å². The fraction of sp³-hybridized carbons (Fsp3) is 0.167. The van der Waals surface area contributed by atoms with Crippen molar-refractivity contribution in [2.45, 2.75) is 5.16 Å². The van der Waals surface area contributed by atoms with Crippen LogP contribution < -0.4 is 14.9 Å². The van der Waals surface area contributed by atoms with Crippen molar-refractivity contribution >= 4 is 23.9 Å². The first-order valence-corrected chi connectivity index (χ1v) is 11.4. The second-order valence-electron chi connectivity index (χ2n) is 7.19. The van der Waals surface area contributed by atoms with Gasteiger partial charge in [0.15, 0.2) is 11.0 Å². The number of thioether (sulfide) groups is 1. The van der Waals surface area contributed by atoms with Crippen LogP contribution in [0.15, 0.2) is 77.1 Å². The minimum Gasteiger partial charge on any atom is -0.497 e. The third kappa shape index (κ3) is 5.29. The normalized spacial score (nSPS) is 11.0. The molecule has 2 aromatic heterocycles. The van der Waals surface area contributed by atoms with Gasteiger partial charge in [-0.1, -0.05) is 11.8 Å². The van der Waals surface area contributed by atoms with Crippen LogP contribution in [0.25, 0.3) is 17.1 Å². The molecule has 0 aliphatic heterocycles. The van der Waals surface area contributed by atoms with Crippen molar-refractivity contribution in [1.29, 1.82) is 0 Å². The van der Waals surface area contributed by atoms with Gasteiger partial charge in [-0.15, -0.1) is 10.2 Å². The fourth-order valence-electron chi connectivity index (χ4n) is 3.20. The molecule has 4 rings (SSSR count). The predicted molar refractivity (Wildman–Crippen MR) is 132 cm³/mol.